The standard InChI is InChI=1S/C13H29NO2/c1-4-6-7-8-9-14(3)10-11-16-13-12-15-5-2/h4-13H2,1-3H3. The maximum atomic E-state index is 5.47. The molecule has 0 aliphatic rings. The highest BCUT2D eigenvalue weighted by molar-refractivity contribution is 4.51. The summed E-state index contributed by atoms with van der Waals surface area (Å²) in [4.78, 5) is 2.34. The minimum Gasteiger partial charge on any atom is -0.379 e. The van der Waals surface area contributed by atoms with Crippen LogP contribution in [0.2, 0.25) is 0 Å². The minimum atomic E-state index is 0.719. The summed E-state index contributed by atoms with van der Waals surface area (Å²) < 4.78 is 10.7. The summed E-state index contributed by atoms with van der Waals surface area (Å²) in [5, 5.41) is 0. The van der Waals surface area contributed by atoms with Gasteiger partial charge in [0.15, 0.2) is 0 Å². The normalized spacial score (nSPS) is 11.2. The third-order valence-corrected chi connectivity index (χ3v) is 2.59. The molecule has 0 amide bonds. The van der Waals surface area contributed by atoms with Crippen molar-refractivity contribution < 1.29 is 9.47 Å². The maximum absolute atomic E-state index is 5.47. The molecule has 3 heteroatoms. The van der Waals surface area contributed by atoms with Crippen LogP contribution in [-0.4, -0.2) is 51.5 Å². The average Bonchev–Trinajstić information content (AvgIpc) is 2.29. The Hall–Kier alpha value is -0.120. The van der Waals surface area contributed by atoms with Crippen LogP contribution in [0.15, 0.2) is 0 Å². The van der Waals surface area contributed by atoms with Crippen molar-refractivity contribution in [2.75, 3.05) is 46.6 Å². The SMILES string of the molecule is CCCCCCN(C)CCOCCOCC. The van der Waals surface area contributed by atoms with Gasteiger partial charge in [0.25, 0.3) is 0 Å². The van der Waals surface area contributed by atoms with Gasteiger partial charge in [-0.25, -0.2) is 0 Å². The van der Waals surface area contributed by atoms with Crippen LogP contribution >= 0.6 is 0 Å². The van der Waals surface area contributed by atoms with Gasteiger partial charge in [0.05, 0.1) is 19.8 Å². The van der Waals surface area contributed by atoms with E-state index in [2.05, 4.69) is 18.9 Å². The predicted octanol–water partition coefficient (Wildman–Crippen LogP) is 2.55. The molecule has 0 aromatic rings. The van der Waals surface area contributed by atoms with E-state index in [4.69, 9.17) is 9.47 Å². The van der Waals surface area contributed by atoms with Crippen LogP contribution in [0, 0.1) is 0 Å². The second kappa shape index (κ2) is 12.9. The maximum Gasteiger partial charge on any atom is 0.0701 e. The third kappa shape index (κ3) is 12.0. The molecule has 0 bridgehead atoms. The number of unbranched alkanes of at least 4 members (excludes halogenated alkanes) is 3. The highest BCUT2D eigenvalue weighted by atomic mass is 16.5. The zero-order chi connectivity index (χ0) is 12.1. The van der Waals surface area contributed by atoms with Gasteiger partial charge in [-0.2, -0.15) is 0 Å². The lowest BCUT2D eigenvalue weighted by Crippen LogP contribution is -2.24. The number of hydrogen-bond donors (Lipinski definition) is 0. The van der Waals surface area contributed by atoms with Gasteiger partial charge in [-0.05, 0) is 26.9 Å². The van der Waals surface area contributed by atoms with Crippen molar-refractivity contribution >= 4 is 0 Å². The van der Waals surface area contributed by atoms with Crippen molar-refractivity contribution in [3.05, 3.63) is 0 Å². The van der Waals surface area contributed by atoms with E-state index in [9.17, 15) is 0 Å². The molecule has 0 aromatic heterocycles. The van der Waals surface area contributed by atoms with E-state index in [0.717, 1.165) is 33.0 Å². The van der Waals surface area contributed by atoms with Crippen molar-refractivity contribution in [1.82, 2.24) is 4.90 Å². The summed E-state index contributed by atoms with van der Waals surface area (Å²) >= 11 is 0. The molecule has 0 heterocycles. The van der Waals surface area contributed by atoms with Gasteiger partial charge in [-0.1, -0.05) is 26.2 Å². The second-order valence-corrected chi connectivity index (χ2v) is 4.17. The van der Waals surface area contributed by atoms with Gasteiger partial charge in [0.2, 0.25) is 0 Å². The zero-order valence-electron chi connectivity index (χ0n) is 11.3. The lowest BCUT2D eigenvalue weighted by molar-refractivity contribution is 0.0452. The van der Waals surface area contributed by atoms with Crippen molar-refractivity contribution in [3.63, 3.8) is 0 Å². The van der Waals surface area contributed by atoms with E-state index in [0.29, 0.717) is 0 Å². The molecular formula is C13H29NO2. The monoisotopic (exact) mass is 231 g/mol. The summed E-state index contributed by atoms with van der Waals surface area (Å²) in [7, 11) is 2.16. The molecule has 0 aliphatic heterocycles. The van der Waals surface area contributed by atoms with Gasteiger partial charge < -0.3 is 14.4 Å². The van der Waals surface area contributed by atoms with Gasteiger partial charge in [-0.15, -0.1) is 0 Å². The Bertz CT molecular complexity index is 131. The van der Waals surface area contributed by atoms with Crippen LogP contribution in [0.25, 0.3) is 0 Å². The quantitative estimate of drug-likeness (QED) is 0.482. The number of rotatable bonds is 12. The van der Waals surface area contributed by atoms with Crippen molar-refractivity contribution in [3.8, 4) is 0 Å². The van der Waals surface area contributed by atoms with E-state index >= 15 is 0 Å². The molecule has 3 nitrogen and oxygen atoms in total. The number of likely N-dealkylation sites (N-methyl/N-ethyl adjacent to an activating group) is 1. The molecule has 0 radical (unpaired) electrons. The van der Waals surface area contributed by atoms with E-state index in [1.807, 2.05) is 6.92 Å². The Labute approximate surface area is 101 Å². The number of nitrogens with zero attached hydrogens (tertiary/aromatic N) is 1. The summed E-state index contributed by atoms with van der Waals surface area (Å²) in [5.41, 5.74) is 0. The third-order valence-electron chi connectivity index (χ3n) is 2.59. The Morgan fingerprint density at radius 2 is 1.56 bits per heavy atom. The molecule has 0 aromatic carbocycles. The smallest absolute Gasteiger partial charge is 0.0701 e. The molecule has 0 rings (SSSR count). The molecule has 0 saturated carbocycles. The van der Waals surface area contributed by atoms with Crippen LogP contribution in [-0.2, 0) is 9.47 Å². The Kier molecular flexibility index (Phi) is 12.9. The van der Waals surface area contributed by atoms with Gasteiger partial charge >= 0.3 is 0 Å². The van der Waals surface area contributed by atoms with Crippen LogP contribution in [0.4, 0.5) is 0 Å². The Balaban J connectivity index is 3.08. The zero-order valence-corrected chi connectivity index (χ0v) is 11.3. The van der Waals surface area contributed by atoms with Gasteiger partial charge in [-0.3, -0.25) is 0 Å². The van der Waals surface area contributed by atoms with Gasteiger partial charge in [0, 0.05) is 13.2 Å². The summed E-state index contributed by atoms with van der Waals surface area (Å²) in [6, 6.07) is 0. The highest BCUT2D eigenvalue weighted by Crippen LogP contribution is 1.99. The predicted molar refractivity (Wildman–Crippen MR) is 69.0 cm³/mol. The Morgan fingerprint density at radius 1 is 0.812 bits per heavy atom. The largest absolute Gasteiger partial charge is 0.379 e. The molecule has 0 fully saturated rings. The fourth-order valence-electron chi connectivity index (χ4n) is 1.50. The fourth-order valence-corrected chi connectivity index (χ4v) is 1.50. The first-order valence-corrected chi connectivity index (χ1v) is 6.65. The lowest BCUT2D eigenvalue weighted by atomic mass is 10.2. The number of hydrogen-bond acceptors (Lipinski definition) is 3. The Morgan fingerprint density at radius 3 is 2.25 bits per heavy atom. The first-order valence-electron chi connectivity index (χ1n) is 6.65. The van der Waals surface area contributed by atoms with E-state index in [-0.39, 0.29) is 0 Å². The molecule has 0 unspecified atom stereocenters. The average molecular weight is 231 g/mol. The fraction of sp³-hybridized carbons (Fsp3) is 1.00. The van der Waals surface area contributed by atoms with Crippen molar-refractivity contribution in [1.29, 1.82) is 0 Å². The lowest BCUT2D eigenvalue weighted by Gasteiger charge is -2.16. The van der Waals surface area contributed by atoms with Crippen LogP contribution in [0.1, 0.15) is 39.5 Å². The van der Waals surface area contributed by atoms with Crippen molar-refractivity contribution in [2.45, 2.75) is 39.5 Å². The molecular weight excluding hydrogens is 202 g/mol. The molecule has 0 atom stereocenters. The topological polar surface area (TPSA) is 21.7 Å². The van der Waals surface area contributed by atoms with Crippen molar-refractivity contribution in [2.24, 2.45) is 0 Å². The molecule has 0 spiro atoms. The first-order chi connectivity index (χ1) is 7.81. The van der Waals surface area contributed by atoms with E-state index in [1.54, 1.807) is 0 Å². The molecule has 0 saturated heterocycles. The summed E-state index contributed by atoms with van der Waals surface area (Å²) in [6.45, 7) is 9.50. The van der Waals surface area contributed by atoms with E-state index < -0.39 is 0 Å². The molecule has 16 heavy (non-hydrogen) atoms. The van der Waals surface area contributed by atoms with Crippen LogP contribution < -0.4 is 0 Å². The number of ether oxygens (including phenoxy) is 2. The molecule has 0 N–H and O–H groups in total. The minimum absolute atomic E-state index is 0.719. The summed E-state index contributed by atoms with van der Waals surface area (Å²) in [5.74, 6) is 0. The van der Waals surface area contributed by atoms with Crippen LogP contribution in [0.5, 0.6) is 0 Å². The first kappa shape index (κ1) is 15.9. The molecule has 0 aliphatic carbocycles. The second-order valence-electron chi connectivity index (χ2n) is 4.17. The van der Waals surface area contributed by atoms with E-state index in [1.165, 1.54) is 32.2 Å². The highest BCUT2D eigenvalue weighted by Gasteiger charge is 1.97. The van der Waals surface area contributed by atoms with Crippen LogP contribution in [0.3, 0.4) is 0 Å². The molecule has 98 valence electrons. The summed E-state index contributed by atoms with van der Waals surface area (Å²) in [6.07, 6.45) is 5.33. The van der Waals surface area contributed by atoms with Gasteiger partial charge in [0.1, 0.15) is 0 Å².